The monoisotopic (exact) mass is 451 g/mol. The highest BCUT2D eigenvalue weighted by molar-refractivity contribution is 7.99. The van der Waals surface area contributed by atoms with Crippen molar-refractivity contribution >= 4 is 33.4 Å². The maximum atomic E-state index is 12.4. The summed E-state index contributed by atoms with van der Waals surface area (Å²) in [6, 6.07) is 13.2. The third-order valence-electron chi connectivity index (χ3n) is 4.20. The Kier molecular flexibility index (Phi) is 8.69. The number of rotatable bonds is 10. The van der Waals surface area contributed by atoms with E-state index in [2.05, 4.69) is 15.0 Å². The number of ether oxygens (including phenoxy) is 1. The lowest BCUT2D eigenvalue weighted by Crippen LogP contribution is -2.39. The van der Waals surface area contributed by atoms with Crippen molar-refractivity contribution in [3.8, 4) is 5.88 Å². The van der Waals surface area contributed by atoms with Gasteiger partial charge in [0.2, 0.25) is 21.8 Å². The van der Waals surface area contributed by atoms with Gasteiger partial charge >= 0.3 is 0 Å². The maximum absolute atomic E-state index is 12.4. The molecule has 0 radical (unpaired) electrons. The molecule has 0 saturated carbocycles. The molecule has 0 atom stereocenters. The van der Waals surface area contributed by atoms with E-state index in [-0.39, 0.29) is 5.91 Å². The van der Waals surface area contributed by atoms with Crippen LogP contribution in [0.2, 0.25) is 0 Å². The molecule has 0 fully saturated rings. The predicted molar refractivity (Wildman–Crippen MR) is 121 cm³/mol. The lowest BCUT2D eigenvalue weighted by molar-refractivity contribution is -0.116. The summed E-state index contributed by atoms with van der Waals surface area (Å²) < 4.78 is 31.0. The van der Waals surface area contributed by atoms with E-state index in [0.29, 0.717) is 42.4 Å². The molecule has 0 unspecified atom stereocenters. The van der Waals surface area contributed by atoms with Crippen molar-refractivity contribution < 1.29 is 17.9 Å². The normalized spacial score (nSPS) is 11.9. The average molecular weight is 452 g/mol. The first kappa shape index (κ1) is 24.2. The number of amides is 1. The summed E-state index contributed by atoms with van der Waals surface area (Å²) in [7, 11) is -1.82. The number of carbonyl (C=O) groups excluding carboxylic acids is 1. The lowest BCUT2D eigenvalue weighted by Gasteiger charge is -2.19. The molecular weight excluding hydrogens is 422 g/mol. The Balaban J connectivity index is 1.90. The van der Waals surface area contributed by atoms with E-state index >= 15 is 0 Å². The first-order chi connectivity index (χ1) is 14.1. The van der Waals surface area contributed by atoms with Crippen LogP contribution >= 0.6 is 11.8 Å². The number of methoxy groups -OCH3 is 1. The van der Waals surface area contributed by atoms with Crippen molar-refractivity contribution in [1.82, 2.24) is 9.71 Å². The highest BCUT2D eigenvalue weighted by Gasteiger charge is 2.27. The largest absolute Gasteiger partial charge is 0.481 e. The Bertz CT molecular complexity index is 942. The van der Waals surface area contributed by atoms with Gasteiger partial charge in [-0.2, -0.15) is 0 Å². The van der Waals surface area contributed by atoms with Gasteiger partial charge in [0, 0.05) is 23.9 Å². The summed E-state index contributed by atoms with van der Waals surface area (Å²) >= 11 is 1.44. The molecule has 2 N–H and O–H groups in total. The number of pyridine rings is 1. The minimum atomic E-state index is -3.36. The van der Waals surface area contributed by atoms with Crippen LogP contribution in [-0.4, -0.2) is 37.7 Å². The number of hydrogen-bond acceptors (Lipinski definition) is 6. The van der Waals surface area contributed by atoms with Crippen molar-refractivity contribution in [2.45, 2.75) is 54.7 Å². The third kappa shape index (κ3) is 7.30. The average Bonchev–Trinajstić information content (AvgIpc) is 2.69. The minimum Gasteiger partial charge on any atom is -0.481 e. The van der Waals surface area contributed by atoms with Gasteiger partial charge in [-0.05, 0) is 51.8 Å². The first-order valence-electron chi connectivity index (χ1n) is 9.69. The number of nitrogens with zero attached hydrogens (tertiary/aromatic N) is 1. The second kappa shape index (κ2) is 10.8. The molecule has 1 aromatic carbocycles. The van der Waals surface area contributed by atoms with Crippen molar-refractivity contribution in [3.05, 3.63) is 42.5 Å². The van der Waals surface area contributed by atoms with Crippen molar-refractivity contribution in [2.24, 2.45) is 0 Å². The summed E-state index contributed by atoms with van der Waals surface area (Å²) in [5.41, 5.74) is 0.614. The van der Waals surface area contributed by atoms with Gasteiger partial charge in [-0.3, -0.25) is 4.79 Å². The number of sulfonamides is 1. The summed E-state index contributed by atoms with van der Waals surface area (Å²) in [5, 5.41) is 3.54. The van der Waals surface area contributed by atoms with Crippen LogP contribution in [0.3, 0.4) is 0 Å². The van der Waals surface area contributed by atoms with E-state index in [9.17, 15) is 13.2 Å². The Labute approximate surface area is 183 Å². The lowest BCUT2D eigenvalue weighted by atomic mass is 10.2. The third-order valence-corrected chi connectivity index (χ3v) is 7.41. The standard InChI is InChI=1S/C21H29N3O4S2/c1-21(2,3)30(26,27)22-15-9-8-12-18(25)23-17-13-14-19(28-4)24-20(17)29-16-10-6-5-7-11-16/h5-7,10-11,13-14,22H,8-9,12,15H2,1-4H3,(H,23,25). The molecular formula is C21H29N3O4S2. The molecule has 2 rings (SSSR count). The molecule has 0 aliphatic carbocycles. The summed E-state index contributed by atoms with van der Waals surface area (Å²) in [6.07, 6.45) is 1.44. The Morgan fingerprint density at radius 3 is 2.43 bits per heavy atom. The molecule has 9 heteroatoms. The summed E-state index contributed by atoms with van der Waals surface area (Å²) in [6.45, 7) is 5.26. The fourth-order valence-corrected chi connectivity index (χ4v) is 4.08. The van der Waals surface area contributed by atoms with Crippen LogP contribution in [0.1, 0.15) is 40.0 Å². The highest BCUT2D eigenvalue weighted by Crippen LogP contribution is 2.33. The predicted octanol–water partition coefficient (Wildman–Crippen LogP) is 4.07. The zero-order valence-corrected chi connectivity index (χ0v) is 19.4. The number of carbonyl (C=O) groups is 1. The van der Waals surface area contributed by atoms with Gasteiger partial charge in [0.15, 0.2) is 0 Å². The molecule has 0 saturated heterocycles. The quantitative estimate of drug-likeness (QED) is 0.529. The highest BCUT2D eigenvalue weighted by atomic mass is 32.2. The van der Waals surface area contributed by atoms with Crippen LogP contribution in [0.5, 0.6) is 5.88 Å². The second-order valence-electron chi connectivity index (χ2n) is 7.64. The molecule has 164 valence electrons. The van der Waals surface area contributed by atoms with E-state index in [0.717, 1.165) is 4.90 Å². The number of hydrogen-bond donors (Lipinski definition) is 2. The molecule has 1 heterocycles. The zero-order valence-electron chi connectivity index (χ0n) is 17.8. The molecule has 0 aliphatic heterocycles. The molecule has 7 nitrogen and oxygen atoms in total. The van der Waals surface area contributed by atoms with E-state index in [4.69, 9.17) is 4.74 Å². The molecule has 0 aliphatic rings. The topological polar surface area (TPSA) is 97.4 Å². The Morgan fingerprint density at radius 1 is 1.10 bits per heavy atom. The molecule has 0 bridgehead atoms. The smallest absolute Gasteiger partial charge is 0.224 e. The second-order valence-corrected chi connectivity index (χ2v) is 11.2. The SMILES string of the molecule is COc1ccc(NC(=O)CCCCNS(=O)(=O)C(C)(C)C)c(Sc2ccccc2)n1. The van der Waals surface area contributed by atoms with Gasteiger partial charge in [-0.15, -0.1) is 0 Å². The molecule has 0 spiro atoms. The minimum absolute atomic E-state index is 0.143. The van der Waals surface area contributed by atoms with Crippen LogP contribution in [-0.2, 0) is 14.8 Å². The summed E-state index contributed by atoms with van der Waals surface area (Å²) in [5.74, 6) is 0.327. The summed E-state index contributed by atoms with van der Waals surface area (Å²) in [4.78, 5) is 17.8. The number of unbranched alkanes of at least 4 members (excludes halogenated alkanes) is 1. The van der Waals surface area contributed by atoms with Crippen LogP contribution in [0.25, 0.3) is 0 Å². The van der Waals surface area contributed by atoms with Crippen LogP contribution in [0.15, 0.2) is 52.4 Å². The first-order valence-corrected chi connectivity index (χ1v) is 12.0. The Morgan fingerprint density at radius 2 is 1.80 bits per heavy atom. The van der Waals surface area contributed by atoms with Gasteiger partial charge in [-0.25, -0.2) is 18.1 Å². The van der Waals surface area contributed by atoms with Gasteiger partial charge < -0.3 is 10.1 Å². The molecule has 1 aromatic heterocycles. The van der Waals surface area contributed by atoms with Gasteiger partial charge in [0.1, 0.15) is 5.03 Å². The van der Waals surface area contributed by atoms with Gasteiger partial charge in [-0.1, -0.05) is 30.0 Å². The van der Waals surface area contributed by atoms with E-state index in [1.54, 1.807) is 40.0 Å². The van der Waals surface area contributed by atoms with E-state index in [1.165, 1.54) is 11.8 Å². The van der Waals surface area contributed by atoms with Crippen LogP contribution in [0, 0.1) is 0 Å². The van der Waals surface area contributed by atoms with Crippen molar-refractivity contribution in [2.75, 3.05) is 19.0 Å². The zero-order chi connectivity index (χ0) is 22.2. The number of anilines is 1. The maximum Gasteiger partial charge on any atom is 0.224 e. The van der Waals surface area contributed by atoms with E-state index < -0.39 is 14.8 Å². The number of benzene rings is 1. The van der Waals surface area contributed by atoms with Crippen molar-refractivity contribution in [3.63, 3.8) is 0 Å². The van der Waals surface area contributed by atoms with Gasteiger partial charge in [0.05, 0.1) is 17.5 Å². The fourth-order valence-electron chi connectivity index (χ4n) is 2.36. The number of nitrogens with one attached hydrogen (secondary N) is 2. The Hall–Kier alpha value is -2.10. The number of aromatic nitrogens is 1. The van der Waals surface area contributed by atoms with E-state index in [1.807, 2.05) is 30.3 Å². The molecule has 30 heavy (non-hydrogen) atoms. The van der Waals surface area contributed by atoms with Crippen LogP contribution in [0.4, 0.5) is 5.69 Å². The fraction of sp³-hybridized carbons (Fsp3) is 0.429. The molecule has 1 amide bonds. The van der Waals surface area contributed by atoms with Crippen molar-refractivity contribution in [1.29, 1.82) is 0 Å². The van der Waals surface area contributed by atoms with Gasteiger partial charge in [0.25, 0.3) is 0 Å². The van der Waals surface area contributed by atoms with Crippen LogP contribution < -0.4 is 14.8 Å². The molecule has 2 aromatic rings.